The molecule has 0 unspecified atom stereocenters. The number of hydrogen-bond acceptors (Lipinski definition) is 4. The van der Waals surface area contributed by atoms with Crippen LogP contribution in [0.15, 0.2) is 12.3 Å². The molecule has 4 heteroatoms. The first-order valence-corrected chi connectivity index (χ1v) is 6.31. The molecule has 1 N–H and O–H groups in total. The Kier molecular flexibility index (Phi) is 3.92. The van der Waals surface area contributed by atoms with Gasteiger partial charge in [-0.05, 0) is 37.7 Å². The van der Waals surface area contributed by atoms with Crippen LogP contribution < -0.4 is 5.32 Å². The molecule has 0 amide bonds. The van der Waals surface area contributed by atoms with Crippen LogP contribution in [0.5, 0.6) is 0 Å². The molecule has 0 aliphatic heterocycles. The first-order valence-electron chi connectivity index (χ1n) is 6.31. The molecule has 0 aromatic carbocycles. The average Bonchev–Trinajstić information content (AvgIpc) is 2.40. The third-order valence-electron chi connectivity index (χ3n) is 3.53. The summed E-state index contributed by atoms with van der Waals surface area (Å²) in [6, 6.07) is 4.12. The topological polar surface area (TPSA) is 61.6 Å². The molecule has 90 valence electrons. The highest BCUT2D eigenvalue weighted by molar-refractivity contribution is 5.31. The number of hydrogen-bond donors (Lipinski definition) is 1. The highest BCUT2D eigenvalue weighted by Gasteiger charge is 2.20. The summed E-state index contributed by atoms with van der Waals surface area (Å²) in [5, 5.41) is 12.1. The minimum absolute atomic E-state index is 0.421. The minimum atomic E-state index is 0.421. The highest BCUT2D eigenvalue weighted by Crippen LogP contribution is 2.27. The van der Waals surface area contributed by atoms with Gasteiger partial charge >= 0.3 is 0 Å². The Labute approximate surface area is 102 Å². The molecule has 0 spiro atoms. The molecule has 1 fully saturated rings. The predicted octanol–water partition coefficient (Wildman–Crippen LogP) is 2.73. The lowest BCUT2D eigenvalue weighted by Crippen LogP contribution is -2.26. The van der Waals surface area contributed by atoms with Crippen LogP contribution in [-0.4, -0.2) is 16.0 Å². The lowest BCUT2D eigenvalue weighted by Gasteiger charge is -2.28. The molecule has 1 aromatic heterocycles. The van der Waals surface area contributed by atoms with E-state index in [1.165, 1.54) is 32.1 Å². The van der Waals surface area contributed by atoms with E-state index in [0.29, 0.717) is 17.7 Å². The van der Waals surface area contributed by atoms with Gasteiger partial charge in [0.05, 0.1) is 0 Å². The maximum Gasteiger partial charge on any atom is 0.224 e. The van der Waals surface area contributed by atoms with Gasteiger partial charge in [-0.2, -0.15) is 5.26 Å². The van der Waals surface area contributed by atoms with E-state index >= 15 is 0 Å². The van der Waals surface area contributed by atoms with Gasteiger partial charge < -0.3 is 5.32 Å². The van der Waals surface area contributed by atoms with Crippen molar-refractivity contribution in [3.05, 3.63) is 18.0 Å². The predicted molar refractivity (Wildman–Crippen MR) is 66.4 cm³/mol. The smallest absolute Gasteiger partial charge is 0.224 e. The molecular weight excluding hydrogens is 212 g/mol. The van der Waals surface area contributed by atoms with Gasteiger partial charge in [-0.25, -0.2) is 9.97 Å². The first kappa shape index (κ1) is 11.8. The third-order valence-corrected chi connectivity index (χ3v) is 3.53. The Morgan fingerprint density at radius 2 is 2.18 bits per heavy atom. The molecule has 0 atom stereocenters. The van der Waals surface area contributed by atoms with E-state index in [1.54, 1.807) is 12.3 Å². The Bertz CT molecular complexity index is 402. The minimum Gasteiger partial charge on any atom is -0.351 e. The van der Waals surface area contributed by atoms with Crippen LogP contribution in [0.4, 0.5) is 5.95 Å². The maximum atomic E-state index is 8.77. The Morgan fingerprint density at radius 1 is 1.41 bits per heavy atom. The standard InChI is InChI=1S/C13H18N4/c1-2-10-3-5-11(6-4-10)16-13-15-8-7-12(9-14)17-13/h7-8,10-11H,2-6H2,1H3,(H,15,16,17). The highest BCUT2D eigenvalue weighted by atomic mass is 15.1. The number of aromatic nitrogens is 2. The lowest BCUT2D eigenvalue weighted by atomic mass is 9.85. The summed E-state index contributed by atoms with van der Waals surface area (Å²) in [6.07, 6.45) is 7.84. The van der Waals surface area contributed by atoms with Gasteiger partial charge in [0.15, 0.2) is 0 Å². The summed E-state index contributed by atoms with van der Waals surface area (Å²) in [5.41, 5.74) is 0.421. The fourth-order valence-electron chi connectivity index (χ4n) is 2.39. The van der Waals surface area contributed by atoms with E-state index in [0.717, 1.165) is 5.92 Å². The molecule has 0 radical (unpaired) electrons. The van der Waals surface area contributed by atoms with E-state index in [4.69, 9.17) is 5.26 Å². The van der Waals surface area contributed by atoms with Crippen molar-refractivity contribution in [3.8, 4) is 6.07 Å². The van der Waals surface area contributed by atoms with Gasteiger partial charge in [-0.15, -0.1) is 0 Å². The van der Waals surface area contributed by atoms with E-state index < -0.39 is 0 Å². The van der Waals surface area contributed by atoms with Crippen LogP contribution >= 0.6 is 0 Å². The van der Waals surface area contributed by atoms with Gasteiger partial charge in [0.2, 0.25) is 5.95 Å². The van der Waals surface area contributed by atoms with E-state index in [1.807, 2.05) is 6.07 Å². The molecular formula is C13H18N4. The average molecular weight is 230 g/mol. The van der Waals surface area contributed by atoms with Crippen molar-refractivity contribution in [1.29, 1.82) is 5.26 Å². The van der Waals surface area contributed by atoms with Gasteiger partial charge in [0, 0.05) is 12.2 Å². The molecule has 2 rings (SSSR count). The fraction of sp³-hybridized carbons (Fsp3) is 0.615. The van der Waals surface area contributed by atoms with Crippen LogP contribution in [0.1, 0.15) is 44.7 Å². The molecule has 1 aliphatic carbocycles. The van der Waals surface area contributed by atoms with Crippen molar-refractivity contribution in [2.75, 3.05) is 5.32 Å². The zero-order valence-corrected chi connectivity index (χ0v) is 10.2. The zero-order chi connectivity index (χ0) is 12.1. The van der Waals surface area contributed by atoms with Gasteiger partial charge in [-0.3, -0.25) is 0 Å². The lowest BCUT2D eigenvalue weighted by molar-refractivity contribution is 0.329. The Hall–Kier alpha value is -1.63. The second-order valence-corrected chi connectivity index (χ2v) is 4.65. The summed E-state index contributed by atoms with van der Waals surface area (Å²) >= 11 is 0. The van der Waals surface area contributed by atoms with E-state index in [2.05, 4.69) is 22.2 Å². The molecule has 1 aromatic rings. The normalized spacial score (nSPS) is 24.0. The number of nitrogens with zero attached hydrogens (tertiary/aromatic N) is 3. The van der Waals surface area contributed by atoms with Crippen molar-refractivity contribution in [2.45, 2.75) is 45.1 Å². The maximum absolute atomic E-state index is 8.77. The fourth-order valence-corrected chi connectivity index (χ4v) is 2.39. The second-order valence-electron chi connectivity index (χ2n) is 4.65. The monoisotopic (exact) mass is 230 g/mol. The van der Waals surface area contributed by atoms with E-state index in [9.17, 15) is 0 Å². The Morgan fingerprint density at radius 3 is 2.82 bits per heavy atom. The number of nitrogens with one attached hydrogen (secondary N) is 1. The quantitative estimate of drug-likeness (QED) is 0.867. The summed E-state index contributed by atoms with van der Waals surface area (Å²) < 4.78 is 0. The van der Waals surface area contributed by atoms with Crippen molar-refractivity contribution in [3.63, 3.8) is 0 Å². The van der Waals surface area contributed by atoms with Crippen molar-refractivity contribution >= 4 is 5.95 Å². The molecule has 1 heterocycles. The zero-order valence-electron chi connectivity index (χ0n) is 10.2. The number of rotatable bonds is 3. The summed E-state index contributed by atoms with van der Waals surface area (Å²) in [5.74, 6) is 1.48. The van der Waals surface area contributed by atoms with Crippen LogP contribution in [0, 0.1) is 17.2 Å². The molecule has 0 bridgehead atoms. The summed E-state index contributed by atoms with van der Waals surface area (Å²) in [4.78, 5) is 8.29. The molecule has 17 heavy (non-hydrogen) atoms. The van der Waals surface area contributed by atoms with Gasteiger partial charge in [-0.1, -0.05) is 13.3 Å². The SMILES string of the molecule is CCC1CCC(Nc2nccc(C#N)n2)CC1. The van der Waals surface area contributed by atoms with Crippen LogP contribution in [0.2, 0.25) is 0 Å². The van der Waals surface area contributed by atoms with Crippen LogP contribution in [0.3, 0.4) is 0 Å². The van der Waals surface area contributed by atoms with Gasteiger partial charge in [0.25, 0.3) is 0 Å². The third kappa shape index (κ3) is 3.16. The molecule has 4 nitrogen and oxygen atoms in total. The van der Waals surface area contributed by atoms with Crippen molar-refractivity contribution in [2.24, 2.45) is 5.92 Å². The van der Waals surface area contributed by atoms with E-state index in [-0.39, 0.29) is 0 Å². The largest absolute Gasteiger partial charge is 0.351 e. The molecule has 0 saturated heterocycles. The second kappa shape index (κ2) is 5.62. The number of nitriles is 1. The molecule has 1 aliphatic rings. The van der Waals surface area contributed by atoms with Crippen LogP contribution in [-0.2, 0) is 0 Å². The van der Waals surface area contributed by atoms with Gasteiger partial charge in [0.1, 0.15) is 11.8 Å². The first-order chi connectivity index (χ1) is 8.31. The molecule has 1 saturated carbocycles. The van der Waals surface area contributed by atoms with Crippen molar-refractivity contribution in [1.82, 2.24) is 9.97 Å². The number of anilines is 1. The summed E-state index contributed by atoms with van der Waals surface area (Å²) in [6.45, 7) is 2.26. The summed E-state index contributed by atoms with van der Waals surface area (Å²) in [7, 11) is 0. The Balaban J connectivity index is 1.91. The van der Waals surface area contributed by atoms with Crippen molar-refractivity contribution < 1.29 is 0 Å². The van der Waals surface area contributed by atoms with Crippen LogP contribution in [0.25, 0.3) is 0 Å².